The molecule has 0 amide bonds. The third-order valence-corrected chi connectivity index (χ3v) is 13.8. The zero-order valence-electron chi connectivity index (χ0n) is 25.2. The predicted octanol–water partition coefficient (Wildman–Crippen LogP) is 6.71. The van der Waals surface area contributed by atoms with E-state index in [1.165, 1.54) is 5.57 Å². The number of hydrogen-bond donors (Lipinski definition) is 2. The van der Waals surface area contributed by atoms with E-state index in [0.717, 1.165) is 63.4 Å². The first-order chi connectivity index (χ1) is 18.1. The molecule has 0 heterocycles. The van der Waals surface area contributed by atoms with Crippen LogP contribution in [0.15, 0.2) is 23.9 Å². The minimum atomic E-state index is -0.432. The number of nitrogens with two attached hydrogens (primary N) is 1. The van der Waals surface area contributed by atoms with Crippen LogP contribution in [-0.2, 0) is 14.3 Å². The van der Waals surface area contributed by atoms with E-state index in [1.807, 2.05) is 0 Å². The number of carbonyl (C=O) groups is 2. The Bertz CT molecular complexity index is 1140. The van der Waals surface area contributed by atoms with Crippen LogP contribution >= 0.6 is 12.2 Å². The molecule has 0 aliphatic heterocycles. The van der Waals surface area contributed by atoms with Gasteiger partial charge in [0.05, 0.1) is 12.5 Å². The van der Waals surface area contributed by atoms with Gasteiger partial charge < -0.3 is 15.8 Å². The molecule has 0 aromatic rings. The average Bonchev–Trinajstić information content (AvgIpc) is 3.26. The number of rotatable bonds is 3. The summed E-state index contributed by atoms with van der Waals surface area (Å²) in [5.41, 5.74) is 7.26. The molecule has 5 aliphatic carbocycles. The van der Waals surface area contributed by atoms with Gasteiger partial charge >= 0.3 is 5.97 Å². The Kier molecular flexibility index (Phi) is 6.77. The number of ketones is 1. The largest absolute Gasteiger partial charge is 0.469 e. The molecule has 0 radical (unpaired) electrons. The molecule has 39 heavy (non-hydrogen) atoms. The van der Waals surface area contributed by atoms with Gasteiger partial charge in [-0.3, -0.25) is 9.59 Å². The highest BCUT2D eigenvalue weighted by atomic mass is 32.1. The van der Waals surface area contributed by atoms with Gasteiger partial charge in [-0.05, 0) is 123 Å². The third-order valence-electron chi connectivity index (χ3n) is 13.6. The summed E-state index contributed by atoms with van der Waals surface area (Å²) in [6, 6.07) is 0. The summed E-state index contributed by atoms with van der Waals surface area (Å²) < 4.78 is 5.51. The molecule has 0 aromatic heterocycles. The van der Waals surface area contributed by atoms with E-state index in [0.29, 0.717) is 29.6 Å². The molecule has 0 unspecified atom stereocenters. The molecule has 5 fully saturated rings. The Morgan fingerprint density at radius 3 is 2.33 bits per heavy atom. The van der Waals surface area contributed by atoms with Gasteiger partial charge in [0, 0.05) is 17.2 Å². The van der Waals surface area contributed by atoms with E-state index in [4.69, 9.17) is 22.7 Å². The first-order valence-corrected chi connectivity index (χ1v) is 15.5. The Hall–Kier alpha value is -1.69. The number of methoxy groups -OCH3 is 1. The normalized spacial score (nSPS) is 47.3. The first kappa shape index (κ1) is 28.8. The second-order valence-corrected chi connectivity index (χ2v) is 15.7. The van der Waals surface area contributed by atoms with Gasteiger partial charge in [0.15, 0.2) is 10.9 Å². The maximum absolute atomic E-state index is 13.7. The predicted molar refractivity (Wildman–Crippen MR) is 159 cm³/mol. The summed E-state index contributed by atoms with van der Waals surface area (Å²) in [5.74, 6) is 2.24. The quantitative estimate of drug-likeness (QED) is 0.175. The molecule has 216 valence electrons. The van der Waals surface area contributed by atoms with Gasteiger partial charge in [0.2, 0.25) is 0 Å². The highest BCUT2D eigenvalue weighted by molar-refractivity contribution is 7.80. The number of allylic oxidation sites excluding steroid dienone is 2. The fourth-order valence-corrected chi connectivity index (χ4v) is 11.9. The first-order valence-electron chi connectivity index (χ1n) is 15.1. The lowest BCUT2D eigenvalue weighted by Gasteiger charge is -2.72. The van der Waals surface area contributed by atoms with E-state index < -0.39 is 5.41 Å². The Balaban J connectivity index is 1.57. The Labute approximate surface area is 241 Å². The zero-order chi connectivity index (χ0) is 28.8. The summed E-state index contributed by atoms with van der Waals surface area (Å²) in [5, 5.41) is 3.16. The SMILES string of the molecule is C=C(C)[C@@H]1CC[C@]2(C(=O)OC)CC[C@]3(C)[C@H](CC[C@@H]4[C@@]5(C)C/C(=C\NC(N)=S)C(=O)C(C)(C)[C@@H]5CC[C@]43C)[C@@H]12. The number of Topliss-reactive ketones (excluding diaryl/α,β-unsaturated/α-hetero) is 1. The number of carbonyl (C=O) groups excluding carboxylic acids is 2. The molecule has 5 rings (SSSR count). The molecule has 5 nitrogen and oxygen atoms in total. The number of thiocarbonyl (C=S) groups is 1. The van der Waals surface area contributed by atoms with Crippen LogP contribution in [-0.4, -0.2) is 24.0 Å². The van der Waals surface area contributed by atoms with Gasteiger partial charge in [0.25, 0.3) is 0 Å². The van der Waals surface area contributed by atoms with Crippen molar-refractivity contribution in [2.24, 2.45) is 62.4 Å². The van der Waals surface area contributed by atoms with Crippen molar-refractivity contribution in [2.45, 2.75) is 99.3 Å². The van der Waals surface area contributed by atoms with Gasteiger partial charge in [-0.15, -0.1) is 0 Å². The lowest BCUT2D eigenvalue weighted by atomic mass is 9.32. The lowest BCUT2D eigenvalue weighted by molar-refractivity contribution is -0.232. The van der Waals surface area contributed by atoms with Crippen molar-refractivity contribution in [2.75, 3.05) is 7.11 Å². The van der Waals surface area contributed by atoms with Crippen molar-refractivity contribution in [1.82, 2.24) is 5.32 Å². The molecule has 5 saturated carbocycles. The number of ether oxygens (including phenoxy) is 1. The molecule has 0 spiro atoms. The van der Waals surface area contributed by atoms with Gasteiger partial charge in [-0.1, -0.05) is 46.8 Å². The van der Waals surface area contributed by atoms with E-state index in [2.05, 4.69) is 53.4 Å². The minimum absolute atomic E-state index is 0.00242. The molecule has 0 aromatic carbocycles. The van der Waals surface area contributed by atoms with E-state index in [1.54, 1.807) is 13.3 Å². The van der Waals surface area contributed by atoms with Crippen molar-refractivity contribution in [3.05, 3.63) is 23.9 Å². The van der Waals surface area contributed by atoms with Crippen molar-refractivity contribution >= 4 is 29.1 Å². The molecular formula is C33H50N2O3S. The standard InChI is InChI=1S/C33H50N2O3S/c1-19(2)21-11-14-33(27(37)38-8)16-15-31(6)22(25(21)33)9-10-24-30(5)17-20(18-35-28(34)39)26(36)29(3,4)23(30)12-13-32(24,31)7/h18,21-25H,1,9-17H2,2-8H3,(H3,34,35,39)/b20-18+/t21-,22+,23-,24+,25+,30-,31+,32+,33-/m0/s1. The smallest absolute Gasteiger partial charge is 0.312 e. The molecule has 5 aliphatic rings. The van der Waals surface area contributed by atoms with Crippen LogP contribution in [0.4, 0.5) is 0 Å². The number of hydrogen-bond acceptors (Lipinski definition) is 4. The van der Waals surface area contributed by atoms with Crippen molar-refractivity contribution in [3.63, 3.8) is 0 Å². The fraction of sp³-hybridized carbons (Fsp3) is 0.788. The summed E-state index contributed by atoms with van der Waals surface area (Å²) >= 11 is 5.06. The summed E-state index contributed by atoms with van der Waals surface area (Å²) in [7, 11) is 1.57. The minimum Gasteiger partial charge on any atom is -0.469 e. The van der Waals surface area contributed by atoms with Crippen LogP contribution < -0.4 is 11.1 Å². The molecule has 0 bridgehead atoms. The molecule has 0 saturated heterocycles. The highest BCUT2D eigenvalue weighted by Gasteiger charge is 2.72. The Morgan fingerprint density at radius 1 is 1.03 bits per heavy atom. The van der Waals surface area contributed by atoms with E-state index >= 15 is 0 Å². The van der Waals surface area contributed by atoms with Gasteiger partial charge in [-0.2, -0.15) is 0 Å². The highest BCUT2D eigenvalue weighted by Crippen LogP contribution is 2.77. The van der Waals surface area contributed by atoms with Gasteiger partial charge in [0.1, 0.15) is 0 Å². The van der Waals surface area contributed by atoms with Crippen LogP contribution in [0.2, 0.25) is 0 Å². The molecule has 3 N–H and O–H groups in total. The maximum Gasteiger partial charge on any atom is 0.312 e. The molecular weight excluding hydrogens is 504 g/mol. The molecule has 9 atom stereocenters. The van der Waals surface area contributed by atoms with Crippen LogP contribution in [0.25, 0.3) is 0 Å². The van der Waals surface area contributed by atoms with E-state index in [-0.39, 0.29) is 38.5 Å². The van der Waals surface area contributed by atoms with Crippen LogP contribution in [0.5, 0.6) is 0 Å². The van der Waals surface area contributed by atoms with Crippen LogP contribution in [0, 0.1) is 56.7 Å². The van der Waals surface area contributed by atoms with Crippen molar-refractivity contribution in [3.8, 4) is 0 Å². The summed E-state index contributed by atoms with van der Waals surface area (Å²) in [6.45, 7) is 18.5. The van der Waals surface area contributed by atoms with Crippen LogP contribution in [0.3, 0.4) is 0 Å². The van der Waals surface area contributed by atoms with Crippen molar-refractivity contribution < 1.29 is 14.3 Å². The summed E-state index contributed by atoms with van der Waals surface area (Å²) in [6.07, 6.45) is 11.0. The Morgan fingerprint density at radius 2 is 1.72 bits per heavy atom. The van der Waals surface area contributed by atoms with Gasteiger partial charge in [-0.25, -0.2) is 0 Å². The number of fused-ring (bicyclic) bond motifs is 7. The number of esters is 1. The number of nitrogens with one attached hydrogen (secondary N) is 1. The van der Waals surface area contributed by atoms with E-state index in [9.17, 15) is 9.59 Å². The molecule has 6 heteroatoms. The topological polar surface area (TPSA) is 81.4 Å². The second-order valence-electron chi connectivity index (χ2n) is 15.2. The maximum atomic E-state index is 13.7. The second kappa shape index (κ2) is 9.16. The third kappa shape index (κ3) is 3.71. The monoisotopic (exact) mass is 554 g/mol. The van der Waals surface area contributed by atoms with Crippen molar-refractivity contribution in [1.29, 1.82) is 0 Å². The van der Waals surface area contributed by atoms with Crippen LogP contribution in [0.1, 0.15) is 99.3 Å². The fourth-order valence-electron chi connectivity index (χ4n) is 11.8. The average molecular weight is 555 g/mol. The summed E-state index contributed by atoms with van der Waals surface area (Å²) in [4.78, 5) is 27.1. The zero-order valence-corrected chi connectivity index (χ0v) is 26.1. The lowest BCUT2D eigenvalue weighted by Crippen LogP contribution is -2.67.